The van der Waals surface area contributed by atoms with Crippen LogP contribution in [0.4, 0.5) is 56.9 Å². The molecule has 5 rings (SSSR count). The van der Waals surface area contributed by atoms with Crippen LogP contribution in [0, 0.1) is 18.4 Å². The van der Waals surface area contributed by atoms with Crippen LogP contribution in [0.5, 0.6) is 0 Å². The van der Waals surface area contributed by atoms with Gasteiger partial charge >= 0.3 is 0 Å². The second kappa shape index (κ2) is 20.2. The Morgan fingerprint density at radius 1 is 0.527 bits per heavy atom. The van der Waals surface area contributed by atoms with Crippen LogP contribution in [0.1, 0.15) is 33.3 Å². The van der Waals surface area contributed by atoms with Crippen molar-refractivity contribution in [1.29, 1.82) is 5.26 Å². The fourth-order valence-electron chi connectivity index (χ4n) is 5.89. The van der Waals surface area contributed by atoms with E-state index >= 15 is 0 Å². The van der Waals surface area contributed by atoms with Crippen molar-refractivity contribution < 1.29 is 0 Å². The maximum atomic E-state index is 9.55. The third kappa shape index (κ3) is 11.1. The Morgan fingerprint density at radius 3 is 1.18 bits per heavy atom. The van der Waals surface area contributed by atoms with E-state index in [1.54, 1.807) is 4.90 Å². The van der Waals surface area contributed by atoms with Crippen molar-refractivity contribution in [3.63, 3.8) is 0 Å². The maximum Gasteiger partial charge on any atom is 0.188 e. The lowest BCUT2D eigenvalue weighted by Crippen LogP contribution is -2.15. The summed E-state index contributed by atoms with van der Waals surface area (Å²) in [5.41, 5.74) is 13.5. The fourth-order valence-corrected chi connectivity index (χ4v) is 5.89. The number of allylic oxidation sites excluding steroid dienone is 2. The van der Waals surface area contributed by atoms with Gasteiger partial charge in [0.1, 0.15) is 0 Å². The molecule has 5 aromatic carbocycles. The lowest BCUT2D eigenvalue weighted by Gasteiger charge is -2.28. The number of nitrogens with one attached hydrogen (secondary N) is 1. The quantitative estimate of drug-likeness (QED) is 0.100. The number of aryl methyl sites for hydroxylation is 1. The highest BCUT2D eigenvalue weighted by Crippen LogP contribution is 2.38. The highest BCUT2D eigenvalue weighted by Gasteiger charge is 2.17. The van der Waals surface area contributed by atoms with Gasteiger partial charge < -0.3 is 29.8 Å². The van der Waals surface area contributed by atoms with Crippen molar-refractivity contribution in [2.75, 3.05) is 84.0 Å². The lowest BCUT2D eigenvalue weighted by atomic mass is 10.1. The molecule has 0 aromatic heterocycles. The molecular formula is C47H60N8. The largest absolute Gasteiger partial charge is 0.388 e. The average Bonchev–Trinajstić information content (AvgIpc) is 3.18. The van der Waals surface area contributed by atoms with Crippen molar-refractivity contribution in [2.45, 2.75) is 34.6 Å². The summed E-state index contributed by atoms with van der Waals surface area (Å²) in [7, 11) is 14.2. The van der Waals surface area contributed by atoms with Gasteiger partial charge in [0, 0.05) is 112 Å². The molecule has 0 aliphatic rings. The van der Waals surface area contributed by atoms with Crippen LogP contribution in [-0.2, 0) is 0 Å². The number of benzene rings is 5. The van der Waals surface area contributed by atoms with Gasteiger partial charge in [0.2, 0.25) is 0 Å². The molecule has 0 bridgehead atoms. The topological polar surface area (TPSA) is 55.3 Å². The first kappa shape index (κ1) is 43.1. The number of nitrogens with zero attached hydrogens (tertiary/aromatic N) is 7. The van der Waals surface area contributed by atoms with Crippen LogP contribution in [0.3, 0.4) is 0 Å². The number of hydrogen-bond acceptors (Lipinski definition) is 8. The highest BCUT2D eigenvalue weighted by atomic mass is 15.2. The molecule has 288 valence electrons. The normalized spacial score (nSPS) is 9.95. The number of hydrogen-bond donors (Lipinski definition) is 1. The van der Waals surface area contributed by atoms with Crippen LogP contribution in [-0.4, -0.2) is 49.3 Å². The Morgan fingerprint density at radius 2 is 0.873 bits per heavy atom. The van der Waals surface area contributed by atoms with Gasteiger partial charge in [0.15, 0.2) is 6.19 Å². The van der Waals surface area contributed by atoms with Crippen LogP contribution in [0.15, 0.2) is 140 Å². The predicted octanol–water partition coefficient (Wildman–Crippen LogP) is 11.9. The zero-order valence-corrected chi connectivity index (χ0v) is 35.0. The minimum atomic E-state index is 0.693. The van der Waals surface area contributed by atoms with Crippen LogP contribution in [0.25, 0.3) is 0 Å². The molecule has 55 heavy (non-hydrogen) atoms. The third-order valence-corrected chi connectivity index (χ3v) is 8.83. The van der Waals surface area contributed by atoms with Gasteiger partial charge in [-0.15, -0.1) is 0 Å². The van der Waals surface area contributed by atoms with Gasteiger partial charge in [0.05, 0.1) is 5.69 Å². The second-order valence-corrected chi connectivity index (χ2v) is 13.6. The summed E-state index contributed by atoms with van der Waals surface area (Å²) in [6.07, 6.45) is 2.22. The molecule has 0 atom stereocenters. The Labute approximate surface area is 331 Å². The minimum Gasteiger partial charge on any atom is -0.388 e. The molecular weight excluding hydrogens is 677 g/mol. The molecule has 0 spiro atoms. The van der Waals surface area contributed by atoms with Crippen molar-refractivity contribution in [3.05, 3.63) is 145 Å². The summed E-state index contributed by atoms with van der Waals surface area (Å²) in [5, 5.41) is 12.7. The number of nitriles is 1. The van der Waals surface area contributed by atoms with Crippen LogP contribution in [0.2, 0.25) is 0 Å². The number of rotatable bonds is 12. The molecule has 0 saturated carbocycles. The zero-order chi connectivity index (χ0) is 40.8. The Kier molecular flexibility index (Phi) is 15.8. The summed E-state index contributed by atoms with van der Waals surface area (Å²) >= 11 is 0. The van der Waals surface area contributed by atoms with Crippen molar-refractivity contribution in [3.8, 4) is 6.19 Å². The first-order valence-corrected chi connectivity index (χ1v) is 18.6. The van der Waals surface area contributed by atoms with Crippen molar-refractivity contribution in [1.82, 2.24) is 0 Å². The predicted molar refractivity (Wildman–Crippen MR) is 242 cm³/mol. The molecule has 0 amide bonds. The smallest absolute Gasteiger partial charge is 0.188 e. The summed E-state index contributed by atoms with van der Waals surface area (Å²) in [4.78, 5) is 12.2. The Hall–Kier alpha value is -6.33. The maximum absolute atomic E-state index is 9.55. The van der Waals surface area contributed by atoms with Gasteiger partial charge in [-0.25, -0.2) is 0 Å². The standard InChI is InChI=1S/C27H31N5.C18H23N3.C2H6/c1-20(2)31(19-28)27-17-16-26(18-21(27)3)32(24-12-8-22(9-13-24)29(4)5)25-14-10-23(11-15-25)30(6)7;1-14(2)21(17-8-6-15(19-3)7-9-17)18-12-10-16(11-13-18)20(4)5;1-2/h8-18H,1H2,2-7H3;6-13,19H,1H2,2-5H3;1-2H3. The third-order valence-electron chi connectivity index (χ3n) is 8.83. The van der Waals surface area contributed by atoms with Gasteiger partial charge in [-0.05, 0) is 142 Å². The van der Waals surface area contributed by atoms with E-state index in [1.165, 1.54) is 5.69 Å². The Balaban J connectivity index is 0.000000306. The molecule has 1 N–H and O–H groups in total. The SMILES string of the molecule is C=C(C)N(C#N)c1ccc(N(c2ccc(N(C)C)cc2)c2ccc(N(C)C)cc2)cc1C.C=C(C)N(c1ccc(NC)cc1)c1ccc(N(C)C)cc1.CC. The monoisotopic (exact) mass is 736 g/mol. The molecule has 0 unspecified atom stereocenters. The van der Waals surface area contributed by atoms with E-state index in [0.717, 1.165) is 62.4 Å². The van der Waals surface area contributed by atoms with Crippen molar-refractivity contribution >= 4 is 56.9 Å². The summed E-state index contributed by atoms with van der Waals surface area (Å²) in [6, 6.07) is 40.0. The molecule has 0 fully saturated rings. The van der Waals surface area contributed by atoms with Gasteiger partial charge in [-0.3, -0.25) is 4.90 Å². The highest BCUT2D eigenvalue weighted by molar-refractivity contribution is 5.80. The molecule has 0 aliphatic heterocycles. The minimum absolute atomic E-state index is 0.693. The molecule has 0 heterocycles. The molecule has 0 saturated heterocycles. The van der Waals surface area contributed by atoms with Crippen molar-refractivity contribution in [2.24, 2.45) is 0 Å². The van der Waals surface area contributed by atoms with E-state index in [2.05, 4.69) is 158 Å². The zero-order valence-electron chi connectivity index (χ0n) is 35.0. The molecule has 0 aliphatic carbocycles. The molecule has 8 heteroatoms. The van der Waals surface area contributed by atoms with E-state index < -0.39 is 0 Å². The molecule has 0 radical (unpaired) electrons. The summed E-state index contributed by atoms with van der Waals surface area (Å²) in [6.45, 7) is 17.9. The van der Waals surface area contributed by atoms with E-state index in [1.807, 2.05) is 90.0 Å². The van der Waals surface area contributed by atoms with E-state index in [9.17, 15) is 5.26 Å². The van der Waals surface area contributed by atoms with E-state index in [0.29, 0.717) is 5.70 Å². The summed E-state index contributed by atoms with van der Waals surface area (Å²) in [5.74, 6) is 0. The van der Waals surface area contributed by atoms with E-state index in [4.69, 9.17) is 0 Å². The first-order chi connectivity index (χ1) is 26.2. The van der Waals surface area contributed by atoms with Crippen LogP contribution < -0.4 is 34.7 Å². The van der Waals surface area contributed by atoms with Gasteiger partial charge in [-0.1, -0.05) is 27.0 Å². The second-order valence-electron chi connectivity index (χ2n) is 13.6. The van der Waals surface area contributed by atoms with Crippen LogP contribution >= 0.6 is 0 Å². The number of anilines is 10. The summed E-state index contributed by atoms with van der Waals surface area (Å²) < 4.78 is 0. The van der Waals surface area contributed by atoms with E-state index in [-0.39, 0.29) is 0 Å². The lowest BCUT2D eigenvalue weighted by molar-refractivity contribution is 1.12. The molecule has 5 aromatic rings. The first-order valence-electron chi connectivity index (χ1n) is 18.6. The molecule has 8 nitrogen and oxygen atoms in total. The fraction of sp³-hybridized carbons (Fsp3) is 0.255. The Bertz CT molecular complexity index is 1950. The van der Waals surface area contributed by atoms with Gasteiger partial charge in [-0.2, -0.15) is 5.26 Å². The van der Waals surface area contributed by atoms with Gasteiger partial charge in [0.25, 0.3) is 0 Å². The average molecular weight is 737 g/mol.